The number of nitrogen functional groups attached to an aromatic ring is 1. The lowest BCUT2D eigenvalue weighted by Gasteiger charge is -2.11. The van der Waals surface area contributed by atoms with E-state index in [1.165, 1.54) is 0 Å². The zero-order valence-electron chi connectivity index (χ0n) is 8.68. The van der Waals surface area contributed by atoms with Crippen molar-refractivity contribution in [3.8, 4) is 0 Å². The molecule has 0 saturated heterocycles. The Balaban J connectivity index is 2.78. The van der Waals surface area contributed by atoms with E-state index in [0.717, 1.165) is 5.56 Å². The summed E-state index contributed by atoms with van der Waals surface area (Å²) in [6.45, 7) is 1.62. The lowest BCUT2D eigenvalue weighted by molar-refractivity contribution is 0.590. The molecule has 1 aromatic carbocycles. The fourth-order valence-electron chi connectivity index (χ4n) is 1.23. The molecule has 0 aromatic heterocycles. The number of hydrogen-bond donors (Lipinski definition) is 2. The molecule has 0 spiro atoms. The lowest BCUT2D eigenvalue weighted by atomic mass is 10.1. The summed E-state index contributed by atoms with van der Waals surface area (Å²) in [4.78, 5) is 0. The van der Waals surface area contributed by atoms with Crippen LogP contribution in [-0.2, 0) is 9.84 Å². The second kappa shape index (κ2) is 4.63. The Morgan fingerprint density at radius 3 is 2.27 bits per heavy atom. The second-order valence-corrected chi connectivity index (χ2v) is 5.87. The number of rotatable bonds is 4. The summed E-state index contributed by atoms with van der Waals surface area (Å²) < 4.78 is 22.7. The highest BCUT2D eigenvalue weighted by molar-refractivity contribution is 7.91. The van der Waals surface area contributed by atoms with Gasteiger partial charge in [-0.15, -0.1) is 0 Å². The van der Waals surface area contributed by atoms with E-state index in [9.17, 15) is 8.42 Å². The molecule has 0 bridgehead atoms. The Bertz CT molecular complexity index is 412. The highest BCUT2D eigenvalue weighted by atomic mass is 32.2. The van der Waals surface area contributed by atoms with Gasteiger partial charge in [0.15, 0.2) is 9.84 Å². The molecule has 0 aliphatic rings. The fraction of sp³-hybridized carbons (Fsp3) is 0.400. The minimum atomic E-state index is -3.03. The van der Waals surface area contributed by atoms with Gasteiger partial charge in [0.05, 0.1) is 5.75 Å². The maximum absolute atomic E-state index is 11.3. The standard InChI is InChI=1S/C10H16N2O2S/c1-2-15(13,14)7-10(12)8-3-5-9(11)6-4-8/h3-6,10H,2,7,11-12H2,1H3/t10-/m1/s1. The van der Waals surface area contributed by atoms with E-state index in [1.54, 1.807) is 31.2 Å². The fourth-order valence-corrected chi connectivity index (χ4v) is 2.21. The third-order valence-corrected chi connectivity index (χ3v) is 3.98. The Kier molecular flexibility index (Phi) is 3.71. The maximum atomic E-state index is 11.3. The van der Waals surface area contributed by atoms with Crippen LogP contribution in [0.2, 0.25) is 0 Å². The topological polar surface area (TPSA) is 86.2 Å². The molecule has 15 heavy (non-hydrogen) atoms. The van der Waals surface area contributed by atoms with Crippen molar-refractivity contribution in [2.45, 2.75) is 13.0 Å². The predicted octanol–water partition coefficient (Wildman–Crippen LogP) is 0.703. The molecular weight excluding hydrogens is 212 g/mol. The van der Waals surface area contributed by atoms with Crippen molar-refractivity contribution in [1.29, 1.82) is 0 Å². The van der Waals surface area contributed by atoms with Crippen molar-refractivity contribution < 1.29 is 8.42 Å². The van der Waals surface area contributed by atoms with Crippen molar-refractivity contribution >= 4 is 15.5 Å². The SMILES string of the molecule is CCS(=O)(=O)C[C@@H](N)c1ccc(N)cc1. The number of benzene rings is 1. The van der Waals surface area contributed by atoms with Crippen molar-refractivity contribution in [2.75, 3.05) is 17.2 Å². The van der Waals surface area contributed by atoms with Gasteiger partial charge in [-0.3, -0.25) is 0 Å². The molecule has 84 valence electrons. The highest BCUT2D eigenvalue weighted by Crippen LogP contribution is 2.14. The molecule has 0 radical (unpaired) electrons. The van der Waals surface area contributed by atoms with Crippen LogP contribution in [0.5, 0.6) is 0 Å². The molecule has 1 rings (SSSR count). The van der Waals surface area contributed by atoms with E-state index in [0.29, 0.717) is 5.69 Å². The average molecular weight is 228 g/mol. The zero-order chi connectivity index (χ0) is 11.5. The maximum Gasteiger partial charge on any atom is 0.151 e. The molecule has 0 fully saturated rings. The van der Waals surface area contributed by atoms with Crippen molar-refractivity contribution in [2.24, 2.45) is 5.73 Å². The van der Waals surface area contributed by atoms with Gasteiger partial charge in [0.2, 0.25) is 0 Å². The Morgan fingerprint density at radius 2 is 1.80 bits per heavy atom. The summed E-state index contributed by atoms with van der Waals surface area (Å²) in [6, 6.07) is 6.47. The summed E-state index contributed by atoms with van der Waals surface area (Å²) in [5.74, 6) is 0.100. The Hall–Kier alpha value is -1.07. The first-order chi connectivity index (χ1) is 6.94. The van der Waals surface area contributed by atoms with Crippen LogP contribution in [0.4, 0.5) is 5.69 Å². The van der Waals surface area contributed by atoms with Crippen LogP contribution >= 0.6 is 0 Å². The Morgan fingerprint density at radius 1 is 1.27 bits per heavy atom. The quantitative estimate of drug-likeness (QED) is 0.743. The van der Waals surface area contributed by atoms with Gasteiger partial charge in [0.1, 0.15) is 0 Å². The van der Waals surface area contributed by atoms with E-state index < -0.39 is 15.9 Å². The number of hydrogen-bond acceptors (Lipinski definition) is 4. The van der Waals surface area contributed by atoms with Gasteiger partial charge in [-0.2, -0.15) is 0 Å². The van der Waals surface area contributed by atoms with E-state index >= 15 is 0 Å². The molecule has 0 saturated carbocycles. The second-order valence-electron chi connectivity index (χ2n) is 3.47. The Labute approximate surface area is 90.2 Å². The molecule has 0 aliphatic carbocycles. The molecule has 0 heterocycles. The summed E-state index contributed by atoms with van der Waals surface area (Å²) in [7, 11) is -3.03. The van der Waals surface area contributed by atoms with Gasteiger partial charge in [-0.05, 0) is 17.7 Å². The third kappa shape index (κ3) is 3.53. The molecule has 4 nitrogen and oxygen atoms in total. The molecule has 4 N–H and O–H groups in total. The van der Waals surface area contributed by atoms with Crippen LogP contribution in [0, 0.1) is 0 Å². The van der Waals surface area contributed by atoms with Gasteiger partial charge < -0.3 is 11.5 Å². The molecule has 0 amide bonds. The van der Waals surface area contributed by atoms with E-state index in [-0.39, 0.29) is 11.5 Å². The zero-order valence-corrected chi connectivity index (χ0v) is 9.50. The van der Waals surface area contributed by atoms with Gasteiger partial charge in [-0.25, -0.2) is 8.42 Å². The molecule has 1 atom stereocenters. The molecule has 0 aliphatic heterocycles. The van der Waals surface area contributed by atoms with Gasteiger partial charge in [0.25, 0.3) is 0 Å². The van der Waals surface area contributed by atoms with E-state index in [4.69, 9.17) is 11.5 Å². The molecule has 1 aromatic rings. The molecule has 0 unspecified atom stereocenters. The normalized spacial score (nSPS) is 13.7. The summed E-state index contributed by atoms with van der Waals surface area (Å²) >= 11 is 0. The number of nitrogens with two attached hydrogens (primary N) is 2. The number of sulfone groups is 1. The lowest BCUT2D eigenvalue weighted by Crippen LogP contribution is -2.22. The van der Waals surface area contributed by atoms with Crippen LogP contribution in [0.1, 0.15) is 18.5 Å². The van der Waals surface area contributed by atoms with Crippen molar-refractivity contribution in [1.82, 2.24) is 0 Å². The first-order valence-electron chi connectivity index (χ1n) is 4.76. The minimum absolute atomic E-state index is 0.0204. The van der Waals surface area contributed by atoms with Crippen LogP contribution < -0.4 is 11.5 Å². The minimum Gasteiger partial charge on any atom is -0.399 e. The molecular formula is C10H16N2O2S. The summed E-state index contributed by atoms with van der Waals surface area (Å²) in [5, 5.41) is 0. The van der Waals surface area contributed by atoms with Crippen LogP contribution in [-0.4, -0.2) is 19.9 Å². The smallest absolute Gasteiger partial charge is 0.151 e. The summed E-state index contributed by atoms with van der Waals surface area (Å²) in [5.41, 5.74) is 12.7. The van der Waals surface area contributed by atoms with Crippen LogP contribution in [0.3, 0.4) is 0 Å². The van der Waals surface area contributed by atoms with E-state index in [1.807, 2.05) is 0 Å². The van der Waals surface area contributed by atoms with Gasteiger partial charge in [0, 0.05) is 17.5 Å². The first-order valence-corrected chi connectivity index (χ1v) is 6.58. The first kappa shape index (κ1) is 12.0. The third-order valence-electron chi connectivity index (χ3n) is 2.24. The van der Waals surface area contributed by atoms with Gasteiger partial charge >= 0.3 is 0 Å². The molecule has 5 heteroatoms. The average Bonchev–Trinajstić information content (AvgIpc) is 2.18. The highest BCUT2D eigenvalue weighted by Gasteiger charge is 2.15. The van der Waals surface area contributed by atoms with E-state index in [2.05, 4.69) is 0 Å². The van der Waals surface area contributed by atoms with Crippen molar-refractivity contribution in [3.63, 3.8) is 0 Å². The van der Waals surface area contributed by atoms with Crippen molar-refractivity contribution in [3.05, 3.63) is 29.8 Å². The monoisotopic (exact) mass is 228 g/mol. The van der Waals surface area contributed by atoms with Gasteiger partial charge in [-0.1, -0.05) is 19.1 Å². The largest absolute Gasteiger partial charge is 0.399 e. The van der Waals surface area contributed by atoms with Crippen LogP contribution in [0.15, 0.2) is 24.3 Å². The van der Waals surface area contributed by atoms with Crippen LogP contribution in [0.25, 0.3) is 0 Å². The summed E-state index contributed by atoms with van der Waals surface area (Å²) in [6.07, 6.45) is 0. The predicted molar refractivity (Wildman–Crippen MR) is 62.1 cm³/mol. The number of anilines is 1.